The fourth-order valence-electron chi connectivity index (χ4n) is 4.64. The van der Waals surface area contributed by atoms with E-state index in [1.807, 2.05) is 6.07 Å². The van der Waals surface area contributed by atoms with E-state index in [4.69, 9.17) is 0 Å². The van der Waals surface area contributed by atoms with Crippen molar-refractivity contribution in [3.05, 3.63) is 47.3 Å². The van der Waals surface area contributed by atoms with Crippen LogP contribution >= 0.6 is 11.3 Å². The molecule has 3 amide bonds. The Kier molecular flexibility index (Phi) is 5.90. The minimum atomic E-state index is -0.657. The van der Waals surface area contributed by atoms with Crippen LogP contribution < -0.4 is 10.6 Å². The monoisotopic (exact) mass is 425 g/mol. The van der Waals surface area contributed by atoms with E-state index in [0.717, 1.165) is 18.4 Å². The lowest BCUT2D eigenvalue weighted by Crippen LogP contribution is -2.56. The summed E-state index contributed by atoms with van der Waals surface area (Å²) in [5.74, 6) is -0.173. The van der Waals surface area contributed by atoms with Gasteiger partial charge in [0.15, 0.2) is 0 Å². The Labute approximate surface area is 180 Å². The molecule has 2 aliphatic rings. The Morgan fingerprint density at radius 1 is 1.27 bits per heavy atom. The number of carbonyl (C=O) groups excluding carboxylic acids is 3. The number of rotatable bonds is 5. The first-order valence-electron chi connectivity index (χ1n) is 10.4. The van der Waals surface area contributed by atoms with Crippen LogP contribution in [0.3, 0.4) is 0 Å². The molecule has 2 aromatic rings. The molecular weight excluding hydrogens is 398 g/mol. The zero-order valence-electron chi connectivity index (χ0n) is 17.1. The Morgan fingerprint density at radius 3 is 2.70 bits per heavy atom. The summed E-state index contributed by atoms with van der Waals surface area (Å²) in [4.78, 5) is 40.4. The van der Waals surface area contributed by atoms with Crippen LogP contribution in [0.1, 0.15) is 31.2 Å². The summed E-state index contributed by atoms with van der Waals surface area (Å²) < 4.78 is 0. The van der Waals surface area contributed by atoms with E-state index in [0.29, 0.717) is 32.4 Å². The van der Waals surface area contributed by atoms with E-state index in [2.05, 4.69) is 46.3 Å². The van der Waals surface area contributed by atoms with Gasteiger partial charge in [0.25, 0.3) is 0 Å². The number of piperidine rings is 1. The molecule has 158 valence electrons. The average Bonchev–Trinajstić information content (AvgIpc) is 3.45. The largest absolute Gasteiger partial charge is 0.359 e. The van der Waals surface area contributed by atoms with E-state index < -0.39 is 11.5 Å². The van der Waals surface area contributed by atoms with Crippen molar-refractivity contribution in [1.82, 2.24) is 15.5 Å². The molecule has 1 aromatic carbocycles. The molecule has 0 saturated carbocycles. The highest BCUT2D eigenvalue weighted by Crippen LogP contribution is 2.35. The molecule has 2 aliphatic heterocycles. The van der Waals surface area contributed by atoms with Gasteiger partial charge in [-0.3, -0.25) is 14.4 Å². The lowest BCUT2D eigenvalue weighted by Gasteiger charge is -2.42. The summed E-state index contributed by atoms with van der Waals surface area (Å²) in [5, 5.41) is 7.64. The van der Waals surface area contributed by atoms with Gasteiger partial charge in [-0.1, -0.05) is 30.3 Å². The van der Waals surface area contributed by atoms with Gasteiger partial charge in [0.2, 0.25) is 17.7 Å². The number of amides is 3. The zero-order valence-corrected chi connectivity index (χ0v) is 18.0. The molecule has 0 bridgehead atoms. The van der Waals surface area contributed by atoms with Crippen LogP contribution in [0.15, 0.2) is 41.8 Å². The van der Waals surface area contributed by atoms with Crippen molar-refractivity contribution in [2.24, 2.45) is 5.41 Å². The second kappa shape index (κ2) is 8.60. The molecule has 1 aromatic heterocycles. The molecule has 0 radical (unpaired) electrons. The van der Waals surface area contributed by atoms with Crippen LogP contribution in [0, 0.1) is 5.41 Å². The van der Waals surface area contributed by atoms with Crippen LogP contribution in [0.4, 0.5) is 0 Å². The zero-order chi connectivity index (χ0) is 21.1. The summed E-state index contributed by atoms with van der Waals surface area (Å²) in [6.45, 7) is 1.01. The number of carbonyl (C=O) groups is 3. The SMILES string of the molecule is CNC(=O)[C@@]1(Cc2ccc(-c3cccs3)cc2)CCCN(C(=O)[C@@H]2CCC(=O)N2)C1. The fraction of sp³-hybridized carbons (Fsp3) is 0.435. The lowest BCUT2D eigenvalue weighted by molar-refractivity contribution is -0.143. The predicted octanol–water partition coefficient (Wildman–Crippen LogP) is 2.59. The van der Waals surface area contributed by atoms with Crippen molar-refractivity contribution < 1.29 is 14.4 Å². The number of hydrogen-bond acceptors (Lipinski definition) is 4. The van der Waals surface area contributed by atoms with Gasteiger partial charge in [-0.15, -0.1) is 11.3 Å². The number of benzene rings is 1. The summed E-state index contributed by atoms with van der Waals surface area (Å²) >= 11 is 1.70. The standard InChI is InChI=1S/C23H27N3O3S/c1-24-22(29)23(14-16-5-7-17(8-6-16)19-4-2-13-30-19)11-3-12-26(15-23)21(28)18-9-10-20(27)25-18/h2,4-8,13,18H,3,9-12,14-15H2,1H3,(H,24,29)(H,25,27)/t18-,23+/m0/s1. The molecule has 3 heterocycles. The predicted molar refractivity (Wildman–Crippen MR) is 117 cm³/mol. The van der Waals surface area contributed by atoms with Crippen molar-refractivity contribution in [2.75, 3.05) is 20.1 Å². The highest BCUT2D eigenvalue weighted by atomic mass is 32.1. The van der Waals surface area contributed by atoms with E-state index in [1.165, 1.54) is 10.4 Å². The normalized spacial score (nSPS) is 23.8. The summed E-state index contributed by atoms with van der Waals surface area (Å²) in [6.07, 6.45) is 3.01. The van der Waals surface area contributed by atoms with Crippen LogP contribution in [-0.4, -0.2) is 48.8 Å². The molecule has 0 unspecified atom stereocenters. The third-order valence-electron chi connectivity index (χ3n) is 6.19. The van der Waals surface area contributed by atoms with Gasteiger partial charge in [-0.2, -0.15) is 0 Å². The first kappa shape index (κ1) is 20.6. The van der Waals surface area contributed by atoms with Crippen molar-refractivity contribution in [1.29, 1.82) is 0 Å². The van der Waals surface area contributed by atoms with Gasteiger partial charge < -0.3 is 15.5 Å². The van der Waals surface area contributed by atoms with Gasteiger partial charge in [0.1, 0.15) is 6.04 Å². The van der Waals surface area contributed by atoms with E-state index in [1.54, 1.807) is 23.3 Å². The van der Waals surface area contributed by atoms with Crippen molar-refractivity contribution in [3.8, 4) is 10.4 Å². The second-order valence-corrected chi connectivity index (χ2v) is 9.18. The van der Waals surface area contributed by atoms with E-state index in [-0.39, 0.29) is 17.7 Å². The third kappa shape index (κ3) is 4.12. The van der Waals surface area contributed by atoms with Gasteiger partial charge in [-0.25, -0.2) is 0 Å². The van der Waals surface area contributed by atoms with Crippen molar-refractivity contribution in [2.45, 2.75) is 38.1 Å². The topological polar surface area (TPSA) is 78.5 Å². The number of likely N-dealkylation sites (tertiary alicyclic amines) is 1. The maximum Gasteiger partial charge on any atom is 0.245 e. The van der Waals surface area contributed by atoms with E-state index in [9.17, 15) is 14.4 Å². The number of thiophene rings is 1. The Hall–Kier alpha value is -2.67. The molecule has 0 aliphatic carbocycles. The van der Waals surface area contributed by atoms with Crippen LogP contribution in [-0.2, 0) is 20.8 Å². The van der Waals surface area contributed by atoms with Crippen molar-refractivity contribution in [3.63, 3.8) is 0 Å². The maximum atomic E-state index is 13.0. The molecular formula is C23H27N3O3S. The van der Waals surface area contributed by atoms with Crippen molar-refractivity contribution >= 4 is 29.1 Å². The summed E-state index contributed by atoms with van der Waals surface area (Å²) in [5.41, 5.74) is 1.60. The third-order valence-corrected chi connectivity index (χ3v) is 7.11. The molecule has 2 saturated heterocycles. The quantitative estimate of drug-likeness (QED) is 0.773. The molecule has 2 fully saturated rings. The van der Waals surface area contributed by atoms with Gasteiger partial charge >= 0.3 is 0 Å². The highest BCUT2D eigenvalue weighted by Gasteiger charge is 2.44. The molecule has 2 N–H and O–H groups in total. The molecule has 4 rings (SSSR count). The summed E-state index contributed by atoms with van der Waals surface area (Å²) in [7, 11) is 1.65. The molecule has 7 heteroatoms. The van der Waals surface area contributed by atoms with Gasteiger partial charge in [-0.05, 0) is 48.3 Å². The maximum absolute atomic E-state index is 13.0. The van der Waals surface area contributed by atoms with Crippen LogP contribution in [0.5, 0.6) is 0 Å². The summed E-state index contributed by atoms with van der Waals surface area (Å²) in [6, 6.07) is 12.0. The second-order valence-electron chi connectivity index (χ2n) is 8.23. The van der Waals surface area contributed by atoms with Crippen LogP contribution in [0.2, 0.25) is 0 Å². The smallest absolute Gasteiger partial charge is 0.245 e. The van der Waals surface area contributed by atoms with E-state index >= 15 is 0 Å². The first-order chi connectivity index (χ1) is 14.5. The molecule has 6 nitrogen and oxygen atoms in total. The number of hydrogen-bond donors (Lipinski definition) is 2. The van der Waals surface area contributed by atoms with Crippen LogP contribution in [0.25, 0.3) is 10.4 Å². The van der Waals surface area contributed by atoms with Gasteiger partial charge in [0, 0.05) is 31.4 Å². The van der Waals surface area contributed by atoms with Gasteiger partial charge in [0.05, 0.1) is 5.41 Å². The number of nitrogens with one attached hydrogen (secondary N) is 2. The Morgan fingerprint density at radius 2 is 2.07 bits per heavy atom. The Bertz CT molecular complexity index is 926. The lowest BCUT2D eigenvalue weighted by atomic mass is 9.74. The molecule has 30 heavy (non-hydrogen) atoms. The first-order valence-corrected chi connectivity index (χ1v) is 11.3. The average molecular weight is 426 g/mol. The minimum Gasteiger partial charge on any atom is -0.359 e. The number of nitrogens with zero attached hydrogens (tertiary/aromatic N) is 1. The molecule has 0 spiro atoms. The minimum absolute atomic E-state index is 0.0298. The molecule has 2 atom stereocenters. The fourth-order valence-corrected chi connectivity index (χ4v) is 5.37. The Balaban J connectivity index is 1.53. The highest BCUT2D eigenvalue weighted by molar-refractivity contribution is 7.13.